The maximum absolute atomic E-state index is 10.3. The van der Waals surface area contributed by atoms with Crippen molar-refractivity contribution in [3.05, 3.63) is 24.3 Å². The molecular formula is C12H17N3O3. The number of para-hydroxylation sites is 2. The van der Waals surface area contributed by atoms with Crippen LogP contribution in [0.3, 0.4) is 0 Å². The summed E-state index contributed by atoms with van der Waals surface area (Å²) < 4.78 is 10.2. The maximum Gasteiger partial charge on any atom is 0.267 e. The van der Waals surface area contributed by atoms with Gasteiger partial charge in [-0.1, -0.05) is 31.2 Å². The molecule has 1 atom stereocenters. The van der Waals surface area contributed by atoms with Crippen molar-refractivity contribution in [1.29, 1.82) is 0 Å². The van der Waals surface area contributed by atoms with Gasteiger partial charge in [0.1, 0.15) is 0 Å². The topological polar surface area (TPSA) is 72.3 Å². The van der Waals surface area contributed by atoms with Gasteiger partial charge in [-0.2, -0.15) is 5.11 Å². The minimum atomic E-state index is -0.278. The highest BCUT2D eigenvalue weighted by molar-refractivity contribution is 5.82. The second-order valence-electron chi connectivity index (χ2n) is 3.22. The van der Waals surface area contributed by atoms with Crippen LogP contribution in [0.2, 0.25) is 0 Å². The number of benzene rings is 1. The Morgan fingerprint density at radius 3 is 2.11 bits per heavy atom. The predicted molar refractivity (Wildman–Crippen MR) is 66.4 cm³/mol. The van der Waals surface area contributed by atoms with Gasteiger partial charge in [0.05, 0.1) is 0 Å². The highest BCUT2D eigenvalue weighted by Crippen LogP contribution is 2.30. The summed E-state index contributed by atoms with van der Waals surface area (Å²) in [5.41, 5.74) is 2.19. The quantitative estimate of drug-likeness (QED) is 0.769. The van der Waals surface area contributed by atoms with Crippen LogP contribution in [0.4, 0.5) is 0 Å². The van der Waals surface area contributed by atoms with E-state index in [1.54, 1.807) is 6.92 Å². The third-order valence-electron chi connectivity index (χ3n) is 2.05. The first kappa shape index (κ1) is 14.0. The first-order chi connectivity index (χ1) is 8.77. The summed E-state index contributed by atoms with van der Waals surface area (Å²) in [7, 11) is 0. The van der Waals surface area contributed by atoms with Crippen LogP contribution in [0.15, 0.2) is 34.6 Å². The number of ether oxygens (including phenoxy) is 2. The first-order valence-electron chi connectivity index (χ1n) is 5.81. The maximum atomic E-state index is 10.3. The number of carbonyl (C=O) groups excluding carboxylic acids is 1. The van der Waals surface area contributed by atoms with Gasteiger partial charge in [-0.05, 0) is 19.1 Å². The molecule has 1 amide bonds. The average molecular weight is 251 g/mol. The zero-order valence-corrected chi connectivity index (χ0v) is 10.7. The van der Waals surface area contributed by atoms with Crippen molar-refractivity contribution in [1.82, 2.24) is 5.43 Å². The zero-order valence-electron chi connectivity index (χ0n) is 10.7. The third-order valence-corrected chi connectivity index (χ3v) is 2.05. The van der Waals surface area contributed by atoms with Gasteiger partial charge < -0.3 is 9.47 Å². The van der Waals surface area contributed by atoms with Crippen LogP contribution in [-0.2, 0) is 4.79 Å². The lowest BCUT2D eigenvalue weighted by Crippen LogP contribution is -2.19. The van der Waals surface area contributed by atoms with Crippen molar-refractivity contribution >= 4 is 5.91 Å². The lowest BCUT2D eigenvalue weighted by atomic mass is 10.3. The zero-order chi connectivity index (χ0) is 13.4. The molecule has 0 saturated heterocycles. The standard InChI is InChI=1S/C7H6O2.C3H5N3O.C2H6/c1-2-4-7-6(3-1)8-5-9-7;1-2-3(7)5-6-4-2;1-2/h1-4H,5H2;2H,1H3,(H,4,5,7);1-2H3. The number of carbonyl (C=O) groups is 1. The summed E-state index contributed by atoms with van der Waals surface area (Å²) in [6.07, 6.45) is 0. The van der Waals surface area contributed by atoms with E-state index in [0.717, 1.165) is 11.5 Å². The molecule has 1 aromatic rings. The van der Waals surface area contributed by atoms with Crippen LogP contribution in [-0.4, -0.2) is 18.7 Å². The SMILES string of the molecule is CC.CC1N=NNC1=O.c1ccc2c(c1)OCO2. The number of hydrogen-bond donors (Lipinski definition) is 1. The molecule has 0 aromatic heterocycles. The van der Waals surface area contributed by atoms with E-state index in [4.69, 9.17) is 9.47 Å². The molecule has 0 radical (unpaired) electrons. The highest BCUT2D eigenvalue weighted by Gasteiger charge is 2.15. The van der Waals surface area contributed by atoms with Crippen LogP contribution < -0.4 is 14.9 Å². The number of rotatable bonds is 0. The molecule has 2 aliphatic heterocycles. The molecule has 1 aromatic carbocycles. The highest BCUT2D eigenvalue weighted by atomic mass is 16.7. The molecule has 0 aliphatic carbocycles. The van der Waals surface area contributed by atoms with E-state index in [1.807, 2.05) is 38.1 Å². The third kappa shape index (κ3) is 3.73. The Balaban J connectivity index is 0.000000163. The summed E-state index contributed by atoms with van der Waals surface area (Å²) in [6, 6.07) is 7.35. The number of amides is 1. The molecule has 0 saturated carbocycles. The van der Waals surface area contributed by atoms with Gasteiger partial charge in [0, 0.05) is 0 Å². The largest absolute Gasteiger partial charge is 0.454 e. The fourth-order valence-corrected chi connectivity index (χ4v) is 1.16. The van der Waals surface area contributed by atoms with Gasteiger partial charge in [-0.15, -0.1) is 0 Å². The lowest BCUT2D eigenvalue weighted by Gasteiger charge is -1.89. The van der Waals surface area contributed by atoms with E-state index in [0.29, 0.717) is 6.79 Å². The van der Waals surface area contributed by atoms with Crippen molar-refractivity contribution in [2.24, 2.45) is 10.3 Å². The van der Waals surface area contributed by atoms with Gasteiger partial charge in [-0.3, -0.25) is 4.79 Å². The molecule has 6 nitrogen and oxygen atoms in total. The van der Waals surface area contributed by atoms with Crippen molar-refractivity contribution in [3.8, 4) is 11.5 Å². The lowest BCUT2D eigenvalue weighted by molar-refractivity contribution is -0.120. The Kier molecular flexibility index (Phi) is 5.63. The molecule has 6 heteroatoms. The number of nitrogens with one attached hydrogen (secondary N) is 1. The smallest absolute Gasteiger partial charge is 0.267 e. The summed E-state index contributed by atoms with van der Waals surface area (Å²) in [4.78, 5) is 10.3. The number of nitrogens with zero attached hydrogens (tertiary/aromatic N) is 2. The second-order valence-corrected chi connectivity index (χ2v) is 3.22. The summed E-state index contributed by atoms with van der Waals surface area (Å²) >= 11 is 0. The van der Waals surface area contributed by atoms with Crippen molar-refractivity contribution in [2.45, 2.75) is 26.8 Å². The van der Waals surface area contributed by atoms with E-state index >= 15 is 0 Å². The first-order valence-corrected chi connectivity index (χ1v) is 5.81. The molecule has 0 spiro atoms. The van der Waals surface area contributed by atoms with Crippen LogP contribution in [0.5, 0.6) is 11.5 Å². The van der Waals surface area contributed by atoms with E-state index in [2.05, 4.69) is 15.8 Å². The van der Waals surface area contributed by atoms with Crippen LogP contribution >= 0.6 is 0 Å². The second kappa shape index (κ2) is 7.26. The van der Waals surface area contributed by atoms with Gasteiger partial charge in [0.15, 0.2) is 17.5 Å². The van der Waals surface area contributed by atoms with Crippen LogP contribution in [0.1, 0.15) is 20.8 Å². The molecule has 98 valence electrons. The molecule has 0 fully saturated rings. The predicted octanol–water partition coefficient (Wildman–Crippen LogP) is 2.31. The Morgan fingerprint density at radius 1 is 1.22 bits per heavy atom. The van der Waals surface area contributed by atoms with E-state index in [-0.39, 0.29) is 11.9 Å². The average Bonchev–Trinajstić information content (AvgIpc) is 3.02. The van der Waals surface area contributed by atoms with Crippen molar-refractivity contribution < 1.29 is 14.3 Å². The Morgan fingerprint density at radius 2 is 1.78 bits per heavy atom. The van der Waals surface area contributed by atoms with Crippen LogP contribution in [0, 0.1) is 0 Å². The minimum Gasteiger partial charge on any atom is -0.454 e. The summed E-state index contributed by atoms with van der Waals surface area (Å²) in [5.74, 6) is 1.56. The Hall–Kier alpha value is -2.11. The Bertz CT molecular complexity index is 398. The Labute approximate surface area is 106 Å². The molecule has 18 heavy (non-hydrogen) atoms. The van der Waals surface area contributed by atoms with Gasteiger partial charge in [-0.25, -0.2) is 5.43 Å². The number of hydrogen-bond acceptors (Lipinski definition) is 5. The molecule has 3 rings (SSSR count). The van der Waals surface area contributed by atoms with Crippen LogP contribution in [0.25, 0.3) is 0 Å². The normalized spacial score (nSPS) is 18.2. The van der Waals surface area contributed by atoms with E-state index in [9.17, 15) is 4.79 Å². The molecule has 2 heterocycles. The van der Waals surface area contributed by atoms with E-state index < -0.39 is 0 Å². The van der Waals surface area contributed by atoms with Gasteiger partial charge >= 0.3 is 0 Å². The minimum absolute atomic E-state index is 0.125. The molecule has 1 N–H and O–H groups in total. The molecular weight excluding hydrogens is 234 g/mol. The summed E-state index contributed by atoms with van der Waals surface area (Å²) in [5, 5.41) is 6.75. The molecule has 1 unspecified atom stereocenters. The van der Waals surface area contributed by atoms with Crippen molar-refractivity contribution in [2.75, 3.05) is 6.79 Å². The fraction of sp³-hybridized carbons (Fsp3) is 0.417. The monoisotopic (exact) mass is 251 g/mol. The summed E-state index contributed by atoms with van der Waals surface area (Å²) in [6.45, 7) is 6.05. The fourth-order valence-electron chi connectivity index (χ4n) is 1.16. The number of fused-ring (bicyclic) bond motifs is 1. The van der Waals surface area contributed by atoms with Crippen molar-refractivity contribution in [3.63, 3.8) is 0 Å². The van der Waals surface area contributed by atoms with Gasteiger partial charge in [0.25, 0.3) is 5.91 Å². The van der Waals surface area contributed by atoms with Gasteiger partial charge in [0.2, 0.25) is 6.79 Å². The molecule has 0 bridgehead atoms. The van der Waals surface area contributed by atoms with E-state index in [1.165, 1.54) is 0 Å². The molecule has 2 aliphatic rings.